The van der Waals surface area contributed by atoms with Crippen molar-refractivity contribution in [2.24, 2.45) is 5.41 Å². The minimum atomic E-state index is -0.101. The van der Waals surface area contributed by atoms with Gasteiger partial charge in [0.05, 0.1) is 16.5 Å². The summed E-state index contributed by atoms with van der Waals surface area (Å²) in [6.07, 6.45) is 8.51. The van der Waals surface area contributed by atoms with E-state index in [0.717, 1.165) is 24.3 Å². The van der Waals surface area contributed by atoms with Gasteiger partial charge in [-0.3, -0.25) is 0 Å². The first-order valence-electron chi connectivity index (χ1n) is 5.14. The number of rotatable bonds is 2. The molecule has 74 valence electrons. The molecule has 0 N–H and O–H groups in total. The number of nitrogens with zero attached hydrogens (tertiary/aromatic N) is 2. The van der Waals surface area contributed by atoms with Gasteiger partial charge in [-0.25, -0.2) is 4.98 Å². The summed E-state index contributed by atoms with van der Waals surface area (Å²) in [6, 6.07) is 2.52. The van der Waals surface area contributed by atoms with Gasteiger partial charge in [-0.05, 0) is 12.8 Å². The van der Waals surface area contributed by atoms with E-state index in [-0.39, 0.29) is 5.41 Å². The van der Waals surface area contributed by atoms with Crippen LogP contribution < -0.4 is 0 Å². The fraction of sp³-hybridized carbons (Fsp3) is 0.636. The van der Waals surface area contributed by atoms with E-state index in [2.05, 4.69) is 11.1 Å². The standard InChI is InChI=1S/C11H14N2S/c12-9-11(4-2-1-3-5-11)8-10-13-6-7-14-10/h6-7H,1-5,8H2. The molecule has 1 aromatic rings. The van der Waals surface area contributed by atoms with Crippen molar-refractivity contribution < 1.29 is 0 Å². The molecular formula is C11H14N2S. The number of hydrogen-bond acceptors (Lipinski definition) is 3. The molecule has 0 spiro atoms. The molecule has 0 radical (unpaired) electrons. The van der Waals surface area contributed by atoms with E-state index in [1.165, 1.54) is 19.3 Å². The quantitative estimate of drug-likeness (QED) is 0.745. The Bertz CT molecular complexity index is 318. The van der Waals surface area contributed by atoms with Gasteiger partial charge in [0.1, 0.15) is 0 Å². The van der Waals surface area contributed by atoms with Gasteiger partial charge in [-0.15, -0.1) is 11.3 Å². The first kappa shape index (κ1) is 9.67. The number of aromatic nitrogens is 1. The largest absolute Gasteiger partial charge is 0.250 e. The monoisotopic (exact) mass is 206 g/mol. The molecule has 0 atom stereocenters. The molecule has 0 amide bonds. The van der Waals surface area contributed by atoms with Gasteiger partial charge in [-0.1, -0.05) is 19.3 Å². The van der Waals surface area contributed by atoms with E-state index in [0.29, 0.717) is 0 Å². The van der Waals surface area contributed by atoms with Gasteiger partial charge in [0.25, 0.3) is 0 Å². The minimum Gasteiger partial charge on any atom is -0.250 e. The summed E-state index contributed by atoms with van der Waals surface area (Å²) >= 11 is 1.67. The smallest absolute Gasteiger partial charge is 0.0940 e. The highest BCUT2D eigenvalue weighted by Gasteiger charge is 2.32. The van der Waals surface area contributed by atoms with Gasteiger partial charge < -0.3 is 0 Å². The zero-order valence-corrected chi connectivity index (χ0v) is 9.02. The van der Waals surface area contributed by atoms with Crippen LogP contribution in [0.15, 0.2) is 11.6 Å². The molecule has 1 fully saturated rings. The average molecular weight is 206 g/mol. The second kappa shape index (κ2) is 4.10. The van der Waals surface area contributed by atoms with E-state index in [4.69, 9.17) is 0 Å². The lowest BCUT2D eigenvalue weighted by Gasteiger charge is -2.29. The van der Waals surface area contributed by atoms with E-state index in [1.54, 1.807) is 11.3 Å². The Kier molecular flexibility index (Phi) is 2.83. The third kappa shape index (κ3) is 1.96. The van der Waals surface area contributed by atoms with Crippen molar-refractivity contribution in [1.29, 1.82) is 5.26 Å². The molecule has 3 heteroatoms. The van der Waals surface area contributed by atoms with Gasteiger partial charge in [-0.2, -0.15) is 5.26 Å². The SMILES string of the molecule is N#CC1(Cc2nccs2)CCCCC1. The maximum atomic E-state index is 9.27. The van der Waals surface area contributed by atoms with E-state index < -0.39 is 0 Å². The minimum absolute atomic E-state index is 0.101. The molecule has 0 unspecified atom stereocenters. The van der Waals surface area contributed by atoms with E-state index in [9.17, 15) is 5.26 Å². The maximum Gasteiger partial charge on any atom is 0.0940 e. The van der Waals surface area contributed by atoms with Gasteiger partial charge in [0, 0.05) is 18.0 Å². The Morgan fingerprint density at radius 1 is 1.43 bits per heavy atom. The number of hydrogen-bond donors (Lipinski definition) is 0. The zero-order valence-electron chi connectivity index (χ0n) is 8.20. The Labute approximate surface area is 88.6 Å². The summed E-state index contributed by atoms with van der Waals surface area (Å²) in [5.74, 6) is 0. The number of thiazole rings is 1. The summed E-state index contributed by atoms with van der Waals surface area (Å²) in [5, 5.41) is 12.4. The van der Waals surface area contributed by atoms with Crippen LogP contribution in [0, 0.1) is 16.7 Å². The second-order valence-electron chi connectivity index (χ2n) is 4.06. The lowest BCUT2D eigenvalue weighted by molar-refractivity contribution is 0.265. The summed E-state index contributed by atoms with van der Waals surface area (Å²) in [4.78, 5) is 4.27. The highest BCUT2D eigenvalue weighted by molar-refractivity contribution is 7.09. The Morgan fingerprint density at radius 3 is 2.79 bits per heavy atom. The molecule has 0 bridgehead atoms. The van der Waals surface area contributed by atoms with Crippen molar-refractivity contribution in [2.45, 2.75) is 38.5 Å². The van der Waals surface area contributed by atoms with Crippen LogP contribution in [0.25, 0.3) is 0 Å². The van der Waals surface area contributed by atoms with Crippen molar-refractivity contribution in [3.63, 3.8) is 0 Å². The zero-order chi connectivity index (χ0) is 9.86. The molecule has 14 heavy (non-hydrogen) atoms. The van der Waals surface area contributed by atoms with Crippen LogP contribution in [-0.4, -0.2) is 4.98 Å². The fourth-order valence-corrected chi connectivity index (χ4v) is 2.95. The van der Waals surface area contributed by atoms with E-state index >= 15 is 0 Å². The molecular weight excluding hydrogens is 192 g/mol. The number of nitriles is 1. The summed E-state index contributed by atoms with van der Waals surface area (Å²) in [5.41, 5.74) is -0.101. The maximum absolute atomic E-state index is 9.27. The molecule has 0 aliphatic heterocycles. The normalized spacial score (nSPS) is 20.2. The van der Waals surface area contributed by atoms with Crippen molar-refractivity contribution >= 4 is 11.3 Å². The van der Waals surface area contributed by atoms with Crippen LogP contribution in [0.5, 0.6) is 0 Å². The fourth-order valence-electron chi connectivity index (χ4n) is 2.19. The molecule has 2 rings (SSSR count). The lowest BCUT2D eigenvalue weighted by atomic mass is 9.73. The lowest BCUT2D eigenvalue weighted by Crippen LogP contribution is -2.24. The van der Waals surface area contributed by atoms with Gasteiger partial charge in [0.2, 0.25) is 0 Å². The van der Waals surface area contributed by atoms with Crippen molar-refractivity contribution in [2.75, 3.05) is 0 Å². The summed E-state index contributed by atoms with van der Waals surface area (Å²) < 4.78 is 0. The summed E-state index contributed by atoms with van der Waals surface area (Å²) in [6.45, 7) is 0. The highest BCUT2D eigenvalue weighted by atomic mass is 32.1. The predicted octanol–water partition coefficient (Wildman–Crippen LogP) is 3.16. The third-order valence-electron chi connectivity index (χ3n) is 3.02. The topological polar surface area (TPSA) is 36.7 Å². The summed E-state index contributed by atoms with van der Waals surface area (Å²) in [7, 11) is 0. The van der Waals surface area contributed by atoms with E-state index in [1.807, 2.05) is 11.6 Å². The molecule has 1 heterocycles. The van der Waals surface area contributed by atoms with Crippen molar-refractivity contribution in [3.8, 4) is 6.07 Å². The Hall–Kier alpha value is -0.880. The molecule has 2 nitrogen and oxygen atoms in total. The van der Waals surface area contributed by atoms with Gasteiger partial charge in [0.15, 0.2) is 0 Å². The average Bonchev–Trinajstić information content (AvgIpc) is 2.72. The molecule has 1 aliphatic carbocycles. The van der Waals surface area contributed by atoms with Crippen LogP contribution in [0.1, 0.15) is 37.1 Å². The van der Waals surface area contributed by atoms with Crippen LogP contribution in [0.3, 0.4) is 0 Å². The third-order valence-corrected chi connectivity index (χ3v) is 3.80. The predicted molar refractivity (Wildman–Crippen MR) is 56.9 cm³/mol. The second-order valence-corrected chi connectivity index (χ2v) is 5.03. The Balaban J connectivity index is 2.09. The Morgan fingerprint density at radius 2 is 2.21 bits per heavy atom. The highest BCUT2D eigenvalue weighted by Crippen LogP contribution is 2.38. The first-order valence-corrected chi connectivity index (χ1v) is 6.02. The molecule has 1 saturated carbocycles. The molecule has 0 aromatic carbocycles. The molecule has 1 aromatic heterocycles. The van der Waals surface area contributed by atoms with Gasteiger partial charge >= 0.3 is 0 Å². The first-order chi connectivity index (χ1) is 6.85. The van der Waals surface area contributed by atoms with Crippen molar-refractivity contribution in [1.82, 2.24) is 4.98 Å². The van der Waals surface area contributed by atoms with Crippen LogP contribution in [0.4, 0.5) is 0 Å². The van der Waals surface area contributed by atoms with Crippen LogP contribution in [-0.2, 0) is 6.42 Å². The van der Waals surface area contributed by atoms with Crippen LogP contribution in [0.2, 0.25) is 0 Å². The van der Waals surface area contributed by atoms with Crippen LogP contribution >= 0.6 is 11.3 Å². The molecule has 1 aliphatic rings. The molecule has 0 saturated heterocycles. The van der Waals surface area contributed by atoms with Crippen molar-refractivity contribution in [3.05, 3.63) is 16.6 Å².